The summed E-state index contributed by atoms with van der Waals surface area (Å²) in [6, 6.07) is 0. The van der Waals surface area contributed by atoms with Gasteiger partial charge in [0.05, 0.1) is 18.6 Å². The Kier molecular flexibility index (Phi) is 4.81. The van der Waals surface area contributed by atoms with Crippen LogP contribution in [-0.2, 0) is 9.53 Å². The SMILES string of the molecule is COCC(C)(CC(=O)O)NC(=O)c1cnc2scc(C)n2c1=O. The number of rotatable bonds is 6. The molecule has 9 heteroatoms. The van der Waals surface area contributed by atoms with Gasteiger partial charge in [0.2, 0.25) is 0 Å². The lowest BCUT2D eigenvalue weighted by molar-refractivity contribution is -0.139. The van der Waals surface area contributed by atoms with Gasteiger partial charge in [0.15, 0.2) is 4.96 Å². The number of carbonyl (C=O) groups excluding carboxylic acids is 1. The van der Waals surface area contributed by atoms with E-state index in [-0.39, 0.29) is 18.6 Å². The average Bonchev–Trinajstić information content (AvgIpc) is 2.80. The molecule has 1 unspecified atom stereocenters. The molecular weight excluding hydrogens is 322 g/mol. The number of ether oxygens (including phenoxy) is 1. The second kappa shape index (κ2) is 6.47. The summed E-state index contributed by atoms with van der Waals surface area (Å²) >= 11 is 1.30. The molecular formula is C14H17N3O5S. The molecule has 0 aliphatic rings. The average molecular weight is 339 g/mol. The molecule has 0 saturated carbocycles. The van der Waals surface area contributed by atoms with E-state index in [1.165, 1.54) is 29.0 Å². The van der Waals surface area contributed by atoms with Crippen molar-refractivity contribution in [2.45, 2.75) is 25.8 Å². The van der Waals surface area contributed by atoms with Gasteiger partial charge in [-0.2, -0.15) is 0 Å². The third kappa shape index (κ3) is 3.57. The molecule has 0 aromatic carbocycles. The monoisotopic (exact) mass is 339 g/mol. The lowest BCUT2D eigenvalue weighted by Crippen LogP contribution is -2.51. The van der Waals surface area contributed by atoms with Gasteiger partial charge in [-0.25, -0.2) is 4.98 Å². The first-order valence-corrected chi connectivity index (χ1v) is 7.64. The van der Waals surface area contributed by atoms with Crippen LogP contribution in [0.25, 0.3) is 4.96 Å². The van der Waals surface area contributed by atoms with Gasteiger partial charge in [-0.15, -0.1) is 11.3 Å². The summed E-state index contributed by atoms with van der Waals surface area (Å²) in [5.41, 5.74) is -1.08. The van der Waals surface area contributed by atoms with E-state index in [4.69, 9.17) is 9.84 Å². The Bertz CT molecular complexity index is 812. The Labute approximate surface area is 135 Å². The molecule has 0 aliphatic carbocycles. The molecule has 124 valence electrons. The molecule has 0 bridgehead atoms. The van der Waals surface area contributed by atoms with E-state index in [1.54, 1.807) is 19.2 Å². The molecule has 2 heterocycles. The summed E-state index contributed by atoms with van der Waals surface area (Å²) in [6.45, 7) is 3.29. The van der Waals surface area contributed by atoms with Gasteiger partial charge in [0.25, 0.3) is 11.5 Å². The van der Waals surface area contributed by atoms with Gasteiger partial charge in [0.1, 0.15) is 5.56 Å². The maximum Gasteiger partial charge on any atom is 0.305 e. The zero-order valence-electron chi connectivity index (χ0n) is 13.0. The first-order valence-electron chi connectivity index (χ1n) is 6.76. The Morgan fingerprint density at radius 2 is 2.22 bits per heavy atom. The number of carboxylic acid groups (broad SMARTS) is 1. The van der Waals surface area contributed by atoms with Crippen LogP contribution >= 0.6 is 11.3 Å². The lowest BCUT2D eigenvalue weighted by atomic mass is 9.98. The number of fused-ring (bicyclic) bond motifs is 1. The van der Waals surface area contributed by atoms with E-state index in [9.17, 15) is 14.4 Å². The number of hydrogen-bond donors (Lipinski definition) is 2. The number of nitrogens with one attached hydrogen (secondary N) is 1. The minimum absolute atomic E-state index is 0.000471. The first-order chi connectivity index (χ1) is 10.8. The van der Waals surface area contributed by atoms with Gasteiger partial charge >= 0.3 is 5.97 Å². The zero-order valence-corrected chi connectivity index (χ0v) is 13.8. The predicted molar refractivity (Wildman–Crippen MR) is 84.1 cm³/mol. The van der Waals surface area contributed by atoms with Crippen molar-refractivity contribution in [2.75, 3.05) is 13.7 Å². The van der Waals surface area contributed by atoms with Crippen LogP contribution in [0.4, 0.5) is 0 Å². The van der Waals surface area contributed by atoms with Crippen LogP contribution in [0.15, 0.2) is 16.4 Å². The summed E-state index contributed by atoms with van der Waals surface area (Å²) in [7, 11) is 1.41. The maximum absolute atomic E-state index is 12.4. The second-order valence-electron chi connectivity index (χ2n) is 5.49. The maximum atomic E-state index is 12.4. The van der Waals surface area contributed by atoms with Gasteiger partial charge in [-0.3, -0.25) is 18.8 Å². The largest absolute Gasteiger partial charge is 0.481 e. The molecule has 2 rings (SSSR count). The fraction of sp³-hybridized carbons (Fsp3) is 0.429. The third-order valence-electron chi connectivity index (χ3n) is 3.28. The van der Waals surface area contributed by atoms with E-state index in [0.29, 0.717) is 10.7 Å². The van der Waals surface area contributed by atoms with Crippen LogP contribution in [0.3, 0.4) is 0 Å². The number of thiazole rings is 1. The van der Waals surface area contributed by atoms with Crippen molar-refractivity contribution in [3.05, 3.63) is 33.2 Å². The third-order valence-corrected chi connectivity index (χ3v) is 4.24. The van der Waals surface area contributed by atoms with Crippen LogP contribution < -0.4 is 10.9 Å². The van der Waals surface area contributed by atoms with Gasteiger partial charge in [0, 0.05) is 24.4 Å². The highest BCUT2D eigenvalue weighted by Gasteiger charge is 2.31. The number of aromatic nitrogens is 2. The van der Waals surface area contributed by atoms with Crippen LogP contribution in [0, 0.1) is 6.92 Å². The van der Waals surface area contributed by atoms with Crippen molar-refractivity contribution >= 4 is 28.2 Å². The summed E-state index contributed by atoms with van der Waals surface area (Å²) in [6.07, 6.45) is 0.873. The number of carboxylic acids is 1. The van der Waals surface area contributed by atoms with Crippen molar-refractivity contribution in [1.29, 1.82) is 0 Å². The summed E-state index contributed by atoms with van der Waals surface area (Å²) in [5, 5.41) is 13.3. The quantitative estimate of drug-likeness (QED) is 0.800. The smallest absolute Gasteiger partial charge is 0.305 e. The van der Waals surface area contributed by atoms with Crippen molar-refractivity contribution in [2.24, 2.45) is 0 Å². The van der Waals surface area contributed by atoms with Crippen molar-refractivity contribution in [3.63, 3.8) is 0 Å². The molecule has 1 atom stereocenters. The molecule has 8 nitrogen and oxygen atoms in total. The molecule has 23 heavy (non-hydrogen) atoms. The normalized spacial score (nSPS) is 13.7. The van der Waals surface area contributed by atoms with Gasteiger partial charge in [-0.05, 0) is 13.8 Å². The summed E-state index contributed by atoms with van der Waals surface area (Å²) in [5.74, 6) is -1.76. The highest BCUT2D eigenvalue weighted by molar-refractivity contribution is 7.15. The Morgan fingerprint density at radius 3 is 2.83 bits per heavy atom. The minimum atomic E-state index is -1.13. The predicted octanol–water partition coefficient (Wildman–Crippen LogP) is 0.674. The lowest BCUT2D eigenvalue weighted by Gasteiger charge is -2.28. The highest BCUT2D eigenvalue weighted by Crippen LogP contribution is 2.13. The van der Waals surface area contributed by atoms with E-state index < -0.39 is 23.0 Å². The zero-order chi connectivity index (χ0) is 17.2. The van der Waals surface area contributed by atoms with Gasteiger partial charge < -0.3 is 15.2 Å². The van der Waals surface area contributed by atoms with Crippen molar-refractivity contribution in [3.8, 4) is 0 Å². The second-order valence-corrected chi connectivity index (χ2v) is 6.33. The fourth-order valence-corrected chi connectivity index (χ4v) is 3.13. The molecule has 0 aliphatic heterocycles. The number of amides is 1. The van der Waals surface area contributed by atoms with Crippen molar-refractivity contribution < 1.29 is 19.4 Å². The summed E-state index contributed by atoms with van der Waals surface area (Å²) < 4.78 is 6.33. The fourth-order valence-electron chi connectivity index (χ4n) is 2.31. The standard InChI is InChI=1S/C14H17N3O5S/c1-8-6-23-13-15-5-9(12(21)17(8)13)11(20)16-14(2,7-22-3)4-10(18)19/h5-6H,4,7H2,1-3H3,(H,16,20)(H,18,19). The minimum Gasteiger partial charge on any atom is -0.481 e. The van der Waals surface area contributed by atoms with Crippen LogP contribution in [0.5, 0.6) is 0 Å². The number of carbonyl (C=O) groups is 2. The molecule has 2 aromatic heterocycles. The van der Waals surface area contributed by atoms with E-state index in [0.717, 1.165) is 0 Å². The van der Waals surface area contributed by atoms with Crippen molar-refractivity contribution in [1.82, 2.24) is 14.7 Å². The van der Waals surface area contributed by atoms with E-state index in [1.807, 2.05) is 0 Å². The van der Waals surface area contributed by atoms with E-state index in [2.05, 4.69) is 10.3 Å². The number of aliphatic carboxylic acids is 1. The van der Waals surface area contributed by atoms with Crippen LogP contribution in [0.2, 0.25) is 0 Å². The summed E-state index contributed by atoms with van der Waals surface area (Å²) in [4.78, 5) is 40.4. The highest BCUT2D eigenvalue weighted by atomic mass is 32.1. The Balaban J connectivity index is 2.36. The number of hydrogen-bond acceptors (Lipinski definition) is 6. The molecule has 0 fully saturated rings. The number of aryl methyl sites for hydroxylation is 1. The molecule has 2 aromatic rings. The van der Waals surface area contributed by atoms with E-state index >= 15 is 0 Å². The van der Waals surface area contributed by atoms with Crippen LogP contribution in [-0.4, -0.2) is 45.6 Å². The molecule has 0 saturated heterocycles. The Hall–Kier alpha value is -2.26. The Morgan fingerprint density at radius 1 is 1.52 bits per heavy atom. The number of nitrogens with zero attached hydrogens (tertiary/aromatic N) is 2. The van der Waals surface area contributed by atoms with Crippen LogP contribution in [0.1, 0.15) is 29.4 Å². The molecule has 1 amide bonds. The van der Waals surface area contributed by atoms with Gasteiger partial charge in [-0.1, -0.05) is 0 Å². The number of methoxy groups -OCH3 is 1. The first kappa shape index (κ1) is 17.1. The molecule has 0 spiro atoms. The molecule has 0 radical (unpaired) electrons. The molecule has 2 N–H and O–H groups in total. The topological polar surface area (TPSA) is 110 Å².